The molecule has 2 atom stereocenters. The summed E-state index contributed by atoms with van der Waals surface area (Å²) in [5.41, 5.74) is 0.120. The minimum atomic E-state index is -0.618. The van der Waals surface area contributed by atoms with Gasteiger partial charge in [0.2, 0.25) is 11.8 Å². The van der Waals surface area contributed by atoms with Crippen LogP contribution in [-0.4, -0.2) is 43.9 Å². The van der Waals surface area contributed by atoms with Crippen LogP contribution in [0.5, 0.6) is 0 Å². The predicted molar refractivity (Wildman–Crippen MR) is 89.9 cm³/mol. The van der Waals surface area contributed by atoms with Gasteiger partial charge in [0.15, 0.2) is 0 Å². The zero-order valence-corrected chi connectivity index (χ0v) is 13.9. The molecule has 0 bridgehead atoms. The van der Waals surface area contributed by atoms with Crippen LogP contribution in [0.15, 0.2) is 43.0 Å². The fourth-order valence-corrected chi connectivity index (χ4v) is 3.69. The molecule has 6 nitrogen and oxygen atoms in total. The van der Waals surface area contributed by atoms with Crippen LogP contribution in [0.1, 0.15) is 13.0 Å². The second-order valence-electron chi connectivity index (χ2n) is 5.48. The lowest BCUT2D eigenvalue weighted by Gasteiger charge is -2.26. The van der Waals surface area contributed by atoms with Gasteiger partial charge in [-0.05, 0) is 19.1 Å². The van der Waals surface area contributed by atoms with Gasteiger partial charge in [-0.1, -0.05) is 12.1 Å². The summed E-state index contributed by atoms with van der Waals surface area (Å²) in [6, 6.07) is 4.91. The van der Waals surface area contributed by atoms with Crippen molar-refractivity contribution >= 4 is 29.3 Å². The number of para-hydroxylation sites is 1. The lowest BCUT2D eigenvalue weighted by atomic mass is 10.2. The van der Waals surface area contributed by atoms with Crippen LogP contribution >= 0.6 is 11.8 Å². The summed E-state index contributed by atoms with van der Waals surface area (Å²) in [7, 11) is 0. The van der Waals surface area contributed by atoms with E-state index in [4.69, 9.17) is 0 Å². The van der Waals surface area contributed by atoms with E-state index in [1.807, 2.05) is 0 Å². The molecule has 1 aromatic heterocycles. The molecule has 0 saturated carbocycles. The van der Waals surface area contributed by atoms with Crippen LogP contribution in [0.4, 0.5) is 10.1 Å². The summed E-state index contributed by atoms with van der Waals surface area (Å²) < 4.78 is 15.4. The van der Waals surface area contributed by atoms with E-state index in [-0.39, 0.29) is 17.5 Å². The number of carbonyl (C=O) groups is 2. The quantitative estimate of drug-likeness (QED) is 0.919. The zero-order valence-electron chi connectivity index (χ0n) is 13.1. The van der Waals surface area contributed by atoms with Crippen LogP contribution in [0.3, 0.4) is 0 Å². The van der Waals surface area contributed by atoms with E-state index < -0.39 is 17.9 Å². The van der Waals surface area contributed by atoms with Crippen molar-refractivity contribution in [2.45, 2.75) is 19.0 Å². The van der Waals surface area contributed by atoms with Crippen molar-refractivity contribution in [1.29, 1.82) is 0 Å². The molecule has 1 saturated heterocycles. The van der Waals surface area contributed by atoms with Crippen molar-refractivity contribution in [2.75, 3.05) is 16.9 Å². The molecule has 0 radical (unpaired) electrons. The van der Waals surface area contributed by atoms with Gasteiger partial charge in [-0.25, -0.2) is 9.37 Å². The number of imidazole rings is 1. The van der Waals surface area contributed by atoms with Gasteiger partial charge in [-0.15, -0.1) is 11.8 Å². The molecule has 0 spiro atoms. The highest BCUT2D eigenvalue weighted by molar-refractivity contribution is 7.99. The predicted octanol–water partition coefficient (Wildman–Crippen LogP) is 2.12. The smallest absolute Gasteiger partial charge is 0.248 e. The summed E-state index contributed by atoms with van der Waals surface area (Å²) in [5, 5.41) is 2.57. The van der Waals surface area contributed by atoms with E-state index in [1.54, 1.807) is 42.3 Å². The molecule has 3 rings (SSSR count). The number of rotatable bonds is 4. The van der Waals surface area contributed by atoms with E-state index >= 15 is 0 Å². The number of thioether (sulfide) groups is 1. The summed E-state index contributed by atoms with van der Waals surface area (Å²) in [4.78, 5) is 30.6. The monoisotopic (exact) mass is 348 g/mol. The molecule has 1 fully saturated rings. The average Bonchev–Trinajstić information content (AvgIpc) is 3.27. The Kier molecular flexibility index (Phi) is 4.84. The van der Waals surface area contributed by atoms with Crippen LogP contribution < -0.4 is 5.32 Å². The highest BCUT2D eigenvalue weighted by Gasteiger charge is 2.37. The molecule has 1 aliphatic heterocycles. The van der Waals surface area contributed by atoms with Crippen molar-refractivity contribution in [3.05, 3.63) is 48.8 Å². The molecule has 8 heteroatoms. The van der Waals surface area contributed by atoms with Crippen molar-refractivity contribution in [3.8, 4) is 0 Å². The van der Waals surface area contributed by atoms with Gasteiger partial charge in [0.25, 0.3) is 0 Å². The topological polar surface area (TPSA) is 67.2 Å². The maximum atomic E-state index is 13.7. The second kappa shape index (κ2) is 7.04. The number of nitrogens with one attached hydrogen (secondary N) is 1. The SMILES string of the molecule is C[C@H](C(=O)N1CSC[C@H]1C(=O)Nc1ccccc1F)n1ccnc1. The standard InChI is InChI=1S/C16H17FN4O2S/c1-11(20-7-6-18-9-20)16(23)21-10-24-8-14(21)15(22)19-13-5-3-2-4-12(13)17/h2-7,9,11,14H,8,10H2,1H3,(H,19,22)/t11-,14+/m1/s1. The fraction of sp³-hybridized carbons (Fsp3) is 0.312. The van der Waals surface area contributed by atoms with Crippen molar-refractivity contribution in [1.82, 2.24) is 14.5 Å². The van der Waals surface area contributed by atoms with E-state index in [9.17, 15) is 14.0 Å². The first-order valence-corrected chi connectivity index (χ1v) is 8.64. The summed E-state index contributed by atoms with van der Waals surface area (Å²) >= 11 is 1.50. The Balaban J connectivity index is 1.72. The minimum absolute atomic E-state index is 0.120. The Morgan fingerprint density at radius 3 is 2.92 bits per heavy atom. The number of nitrogens with zero attached hydrogens (tertiary/aromatic N) is 3. The first-order valence-electron chi connectivity index (χ1n) is 7.49. The molecule has 24 heavy (non-hydrogen) atoms. The van der Waals surface area contributed by atoms with Crippen LogP contribution in [0.25, 0.3) is 0 Å². The number of carbonyl (C=O) groups excluding carboxylic acids is 2. The molecule has 126 valence electrons. The van der Waals surface area contributed by atoms with Gasteiger partial charge in [0.05, 0.1) is 17.9 Å². The van der Waals surface area contributed by atoms with Crippen LogP contribution in [0.2, 0.25) is 0 Å². The van der Waals surface area contributed by atoms with Gasteiger partial charge in [-0.3, -0.25) is 9.59 Å². The fourth-order valence-electron chi connectivity index (χ4n) is 2.52. The highest BCUT2D eigenvalue weighted by Crippen LogP contribution is 2.25. The lowest BCUT2D eigenvalue weighted by molar-refractivity contribution is -0.138. The Bertz CT molecular complexity index is 737. The molecular weight excluding hydrogens is 331 g/mol. The van der Waals surface area contributed by atoms with Gasteiger partial charge in [0.1, 0.15) is 17.9 Å². The molecule has 1 N–H and O–H groups in total. The molecule has 1 aromatic carbocycles. The van der Waals surface area contributed by atoms with Crippen molar-refractivity contribution in [2.24, 2.45) is 0 Å². The van der Waals surface area contributed by atoms with Crippen LogP contribution in [0, 0.1) is 5.82 Å². The zero-order chi connectivity index (χ0) is 17.1. The van der Waals surface area contributed by atoms with Gasteiger partial charge < -0.3 is 14.8 Å². The third kappa shape index (κ3) is 3.28. The summed E-state index contributed by atoms with van der Waals surface area (Å²) in [6.45, 7) is 1.76. The van der Waals surface area contributed by atoms with Gasteiger partial charge >= 0.3 is 0 Å². The largest absolute Gasteiger partial charge is 0.325 e. The molecule has 2 heterocycles. The number of halogens is 1. The van der Waals surface area contributed by atoms with Crippen molar-refractivity contribution in [3.63, 3.8) is 0 Å². The normalized spacial score (nSPS) is 18.4. The molecule has 2 aromatic rings. The third-order valence-electron chi connectivity index (χ3n) is 3.93. The Labute approximate surface area is 143 Å². The first kappa shape index (κ1) is 16.5. The van der Waals surface area contributed by atoms with E-state index in [0.29, 0.717) is 11.6 Å². The molecule has 0 unspecified atom stereocenters. The molecule has 0 aliphatic carbocycles. The van der Waals surface area contributed by atoms with Gasteiger partial charge in [0, 0.05) is 18.1 Å². The second-order valence-corrected chi connectivity index (χ2v) is 6.48. The Morgan fingerprint density at radius 1 is 1.42 bits per heavy atom. The molecule has 2 amide bonds. The number of amides is 2. The minimum Gasteiger partial charge on any atom is -0.325 e. The number of benzene rings is 1. The molecule has 1 aliphatic rings. The number of anilines is 1. The average molecular weight is 348 g/mol. The highest BCUT2D eigenvalue weighted by atomic mass is 32.2. The van der Waals surface area contributed by atoms with E-state index in [2.05, 4.69) is 10.3 Å². The van der Waals surface area contributed by atoms with E-state index in [0.717, 1.165) is 0 Å². The summed E-state index contributed by atoms with van der Waals surface area (Å²) in [5.74, 6) is -0.111. The Morgan fingerprint density at radius 2 is 2.21 bits per heavy atom. The third-order valence-corrected chi connectivity index (χ3v) is 4.94. The van der Waals surface area contributed by atoms with Crippen LogP contribution in [-0.2, 0) is 9.59 Å². The van der Waals surface area contributed by atoms with Crippen molar-refractivity contribution < 1.29 is 14.0 Å². The molecular formula is C16H17FN4O2S. The number of hydrogen-bond donors (Lipinski definition) is 1. The maximum Gasteiger partial charge on any atom is 0.248 e. The number of aromatic nitrogens is 2. The maximum absolute atomic E-state index is 13.7. The Hall–Kier alpha value is -2.35. The summed E-state index contributed by atoms with van der Waals surface area (Å²) in [6.07, 6.45) is 4.88. The van der Waals surface area contributed by atoms with E-state index in [1.165, 1.54) is 28.8 Å². The number of hydrogen-bond acceptors (Lipinski definition) is 4. The lowest BCUT2D eigenvalue weighted by Crippen LogP contribution is -2.46. The first-order chi connectivity index (χ1) is 11.6. The van der Waals surface area contributed by atoms with Gasteiger partial charge in [-0.2, -0.15) is 0 Å².